The second kappa shape index (κ2) is 5.86. The van der Waals surface area contributed by atoms with Gasteiger partial charge in [0.05, 0.1) is 7.11 Å². The Morgan fingerprint density at radius 2 is 2.07 bits per heavy atom. The van der Waals surface area contributed by atoms with Crippen LogP contribution < -0.4 is 4.74 Å². The Balaban J connectivity index is 3.17. The second-order valence-corrected chi connectivity index (χ2v) is 3.05. The summed E-state index contributed by atoms with van der Waals surface area (Å²) in [7, 11) is 1.68. The summed E-state index contributed by atoms with van der Waals surface area (Å²) >= 11 is 0. The number of hydrogen-bond donors (Lipinski definition) is 0. The van der Waals surface area contributed by atoms with Crippen LogP contribution >= 0.6 is 0 Å². The zero-order chi connectivity index (χ0) is 11.1. The maximum Gasteiger partial charge on any atom is 0.126 e. The number of para-hydroxylation sites is 1. The molecule has 0 heterocycles. The highest BCUT2D eigenvalue weighted by molar-refractivity contribution is 5.78. The first-order valence-electron chi connectivity index (χ1n) is 4.92. The average molecular weight is 200 g/mol. The van der Waals surface area contributed by atoms with E-state index in [1.54, 1.807) is 7.11 Å². The van der Waals surface area contributed by atoms with E-state index in [4.69, 9.17) is 4.74 Å². The SMILES string of the molecule is C=C/C(=C\C=C/C)c1ccccc1OC. The fraction of sp³-hybridized carbons (Fsp3) is 0.143. The largest absolute Gasteiger partial charge is 0.496 e. The summed E-state index contributed by atoms with van der Waals surface area (Å²) in [5, 5.41) is 0. The molecular weight excluding hydrogens is 184 g/mol. The van der Waals surface area contributed by atoms with E-state index in [9.17, 15) is 0 Å². The molecule has 0 fully saturated rings. The minimum Gasteiger partial charge on any atom is -0.496 e. The van der Waals surface area contributed by atoms with E-state index < -0.39 is 0 Å². The standard InChI is InChI=1S/C14H16O/c1-4-6-9-12(5-2)13-10-7-8-11-14(13)15-3/h4-11H,2H2,1,3H3/b6-4-,12-9+. The van der Waals surface area contributed by atoms with Crippen molar-refractivity contribution in [3.63, 3.8) is 0 Å². The zero-order valence-electron chi connectivity index (χ0n) is 9.23. The first-order chi connectivity index (χ1) is 7.33. The lowest BCUT2D eigenvalue weighted by atomic mass is 10.0. The van der Waals surface area contributed by atoms with Crippen molar-refractivity contribution < 1.29 is 4.74 Å². The summed E-state index contributed by atoms with van der Waals surface area (Å²) in [5.74, 6) is 0.869. The van der Waals surface area contributed by atoms with E-state index >= 15 is 0 Å². The Morgan fingerprint density at radius 3 is 2.67 bits per heavy atom. The molecule has 15 heavy (non-hydrogen) atoms. The molecule has 1 rings (SSSR count). The molecule has 0 aliphatic heterocycles. The van der Waals surface area contributed by atoms with Crippen molar-refractivity contribution in [1.82, 2.24) is 0 Å². The summed E-state index contributed by atoms with van der Waals surface area (Å²) in [6.45, 7) is 5.79. The lowest BCUT2D eigenvalue weighted by Crippen LogP contribution is -1.89. The quantitative estimate of drug-likeness (QED) is 0.671. The molecule has 0 unspecified atom stereocenters. The molecule has 1 aromatic rings. The normalized spacial score (nSPS) is 11.7. The van der Waals surface area contributed by atoms with Crippen molar-refractivity contribution in [2.24, 2.45) is 0 Å². The monoisotopic (exact) mass is 200 g/mol. The average Bonchev–Trinajstić information content (AvgIpc) is 2.30. The third kappa shape index (κ3) is 2.84. The summed E-state index contributed by atoms with van der Waals surface area (Å²) in [6, 6.07) is 7.92. The van der Waals surface area contributed by atoms with Gasteiger partial charge in [0.1, 0.15) is 5.75 Å². The van der Waals surface area contributed by atoms with Crippen LogP contribution in [0.25, 0.3) is 5.57 Å². The molecule has 0 amide bonds. The number of hydrogen-bond acceptors (Lipinski definition) is 1. The molecule has 0 saturated heterocycles. The molecule has 0 radical (unpaired) electrons. The van der Waals surface area contributed by atoms with Crippen molar-refractivity contribution in [3.8, 4) is 5.75 Å². The highest BCUT2D eigenvalue weighted by atomic mass is 16.5. The molecule has 78 valence electrons. The highest BCUT2D eigenvalue weighted by Gasteiger charge is 2.03. The van der Waals surface area contributed by atoms with Gasteiger partial charge in [0, 0.05) is 5.56 Å². The van der Waals surface area contributed by atoms with Crippen LogP contribution in [0.5, 0.6) is 5.75 Å². The van der Waals surface area contributed by atoms with Gasteiger partial charge in [-0.3, -0.25) is 0 Å². The van der Waals surface area contributed by atoms with Crippen molar-refractivity contribution in [1.29, 1.82) is 0 Å². The zero-order valence-corrected chi connectivity index (χ0v) is 9.23. The topological polar surface area (TPSA) is 9.23 Å². The third-order valence-corrected chi connectivity index (χ3v) is 2.11. The Hall–Kier alpha value is -1.76. The molecule has 0 spiro atoms. The molecule has 0 aliphatic rings. The van der Waals surface area contributed by atoms with E-state index in [0.717, 1.165) is 16.9 Å². The van der Waals surface area contributed by atoms with Crippen LogP contribution in [0.1, 0.15) is 12.5 Å². The molecule has 0 bridgehead atoms. The van der Waals surface area contributed by atoms with E-state index in [-0.39, 0.29) is 0 Å². The maximum atomic E-state index is 5.30. The number of benzene rings is 1. The van der Waals surface area contributed by atoms with Crippen LogP contribution in [-0.2, 0) is 0 Å². The van der Waals surface area contributed by atoms with E-state index in [1.807, 2.05) is 55.5 Å². The van der Waals surface area contributed by atoms with Gasteiger partial charge in [0.2, 0.25) is 0 Å². The van der Waals surface area contributed by atoms with E-state index in [2.05, 4.69) is 6.58 Å². The molecular formula is C14H16O. The van der Waals surface area contributed by atoms with Crippen LogP contribution in [0.15, 0.2) is 55.1 Å². The Bertz CT molecular complexity index is 386. The molecule has 0 saturated carbocycles. The fourth-order valence-corrected chi connectivity index (χ4v) is 1.35. The van der Waals surface area contributed by atoms with Gasteiger partial charge in [-0.1, -0.05) is 49.1 Å². The van der Waals surface area contributed by atoms with Crippen LogP contribution in [0.4, 0.5) is 0 Å². The van der Waals surface area contributed by atoms with Crippen LogP contribution in [0, 0.1) is 0 Å². The molecule has 1 aromatic carbocycles. The Labute approximate surface area is 91.4 Å². The maximum absolute atomic E-state index is 5.30. The Kier molecular flexibility index (Phi) is 4.42. The van der Waals surface area contributed by atoms with Gasteiger partial charge in [-0.2, -0.15) is 0 Å². The third-order valence-electron chi connectivity index (χ3n) is 2.11. The lowest BCUT2D eigenvalue weighted by Gasteiger charge is -2.08. The van der Waals surface area contributed by atoms with Crippen molar-refractivity contribution in [2.45, 2.75) is 6.92 Å². The van der Waals surface area contributed by atoms with Crippen LogP contribution in [0.2, 0.25) is 0 Å². The number of ether oxygens (including phenoxy) is 1. The van der Waals surface area contributed by atoms with E-state index in [1.165, 1.54) is 0 Å². The number of methoxy groups -OCH3 is 1. The summed E-state index contributed by atoms with van der Waals surface area (Å²) in [4.78, 5) is 0. The van der Waals surface area contributed by atoms with Gasteiger partial charge in [0.25, 0.3) is 0 Å². The van der Waals surface area contributed by atoms with Gasteiger partial charge in [0.15, 0.2) is 0 Å². The minimum absolute atomic E-state index is 0.869. The van der Waals surface area contributed by atoms with Gasteiger partial charge in [-0.05, 0) is 18.6 Å². The highest BCUT2D eigenvalue weighted by Crippen LogP contribution is 2.26. The van der Waals surface area contributed by atoms with Gasteiger partial charge in [-0.25, -0.2) is 0 Å². The van der Waals surface area contributed by atoms with Crippen molar-refractivity contribution in [3.05, 3.63) is 60.7 Å². The molecule has 0 aliphatic carbocycles. The summed E-state index contributed by atoms with van der Waals surface area (Å²) < 4.78 is 5.30. The fourth-order valence-electron chi connectivity index (χ4n) is 1.35. The predicted octanol–water partition coefficient (Wildman–Crippen LogP) is 3.84. The van der Waals surface area contributed by atoms with Gasteiger partial charge < -0.3 is 4.74 Å². The van der Waals surface area contributed by atoms with Gasteiger partial charge in [-0.15, -0.1) is 0 Å². The summed E-state index contributed by atoms with van der Waals surface area (Å²) in [6.07, 6.45) is 7.82. The molecule has 0 atom stereocenters. The first kappa shape index (κ1) is 11.3. The first-order valence-corrected chi connectivity index (χ1v) is 4.92. The summed E-state index contributed by atoms with van der Waals surface area (Å²) in [5.41, 5.74) is 2.12. The second-order valence-electron chi connectivity index (χ2n) is 3.05. The smallest absolute Gasteiger partial charge is 0.126 e. The Morgan fingerprint density at radius 1 is 1.33 bits per heavy atom. The minimum atomic E-state index is 0.869. The van der Waals surface area contributed by atoms with Crippen LogP contribution in [-0.4, -0.2) is 7.11 Å². The van der Waals surface area contributed by atoms with E-state index in [0.29, 0.717) is 0 Å². The van der Waals surface area contributed by atoms with Gasteiger partial charge >= 0.3 is 0 Å². The molecule has 0 aromatic heterocycles. The van der Waals surface area contributed by atoms with Crippen molar-refractivity contribution in [2.75, 3.05) is 7.11 Å². The lowest BCUT2D eigenvalue weighted by molar-refractivity contribution is 0.413. The molecule has 0 N–H and O–H groups in total. The van der Waals surface area contributed by atoms with Crippen molar-refractivity contribution >= 4 is 5.57 Å². The number of rotatable bonds is 4. The molecule has 1 heteroatoms. The van der Waals surface area contributed by atoms with Crippen LogP contribution in [0.3, 0.4) is 0 Å². The molecule has 1 nitrogen and oxygen atoms in total. The predicted molar refractivity (Wildman–Crippen MR) is 66.0 cm³/mol. The number of allylic oxidation sites excluding steroid dienone is 5.